The Kier molecular flexibility index (Phi) is 4.99. The molecule has 0 bridgehead atoms. The summed E-state index contributed by atoms with van der Waals surface area (Å²) in [7, 11) is 0. The Morgan fingerprint density at radius 2 is 1.96 bits per heavy atom. The summed E-state index contributed by atoms with van der Waals surface area (Å²) in [6, 6.07) is 8.53. The van der Waals surface area contributed by atoms with Crippen molar-refractivity contribution in [3.8, 4) is 0 Å². The molecule has 1 heterocycles. The zero-order chi connectivity index (χ0) is 16.2. The van der Waals surface area contributed by atoms with Crippen molar-refractivity contribution in [2.45, 2.75) is 65.0 Å². The van der Waals surface area contributed by atoms with E-state index in [-0.39, 0.29) is 5.91 Å². The van der Waals surface area contributed by atoms with Crippen molar-refractivity contribution in [2.24, 2.45) is 0 Å². The van der Waals surface area contributed by atoms with Crippen LogP contribution in [0.5, 0.6) is 0 Å². The molecule has 1 saturated carbocycles. The minimum absolute atomic E-state index is 0.234. The first kappa shape index (κ1) is 16.0. The van der Waals surface area contributed by atoms with Gasteiger partial charge in [0.1, 0.15) is 12.4 Å². The Bertz CT molecular complexity index is 670. The number of benzene rings is 1. The first-order valence-electron chi connectivity index (χ1n) is 8.98. The van der Waals surface area contributed by atoms with E-state index in [0.29, 0.717) is 12.6 Å². The molecule has 0 N–H and O–H groups in total. The quantitative estimate of drug-likeness (QED) is 0.842. The van der Waals surface area contributed by atoms with Crippen LogP contribution >= 0.6 is 0 Å². The number of aromatic nitrogens is 2. The van der Waals surface area contributed by atoms with Crippen molar-refractivity contribution in [1.82, 2.24) is 14.5 Å². The van der Waals surface area contributed by atoms with Crippen LogP contribution in [0.3, 0.4) is 0 Å². The van der Waals surface area contributed by atoms with E-state index in [1.165, 1.54) is 19.3 Å². The lowest BCUT2D eigenvalue weighted by Gasteiger charge is -2.34. The van der Waals surface area contributed by atoms with Crippen LogP contribution in [-0.2, 0) is 17.8 Å². The molecule has 0 spiro atoms. The van der Waals surface area contributed by atoms with Crippen LogP contribution in [0.15, 0.2) is 24.3 Å². The molecular formula is C19H27N3O. The first-order valence-corrected chi connectivity index (χ1v) is 8.98. The summed E-state index contributed by atoms with van der Waals surface area (Å²) in [6.07, 6.45) is 6.98. The number of fused-ring (bicyclic) bond motifs is 1. The number of rotatable bonds is 5. The number of hydrogen-bond acceptors (Lipinski definition) is 2. The second kappa shape index (κ2) is 7.16. The molecule has 1 aliphatic rings. The number of hydrogen-bond donors (Lipinski definition) is 0. The molecule has 23 heavy (non-hydrogen) atoms. The molecule has 1 fully saturated rings. The van der Waals surface area contributed by atoms with E-state index in [4.69, 9.17) is 0 Å². The van der Waals surface area contributed by atoms with Crippen molar-refractivity contribution in [3.05, 3.63) is 30.1 Å². The van der Waals surface area contributed by atoms with Crippen LogP contribution in [-0.4, -0.2) is 32.9 Å². The predicted octanol–water partition coefficient (Wildman–Crippen LogP) is 3.78. The van der Waals surface area contributed by atoms with E-state index < -0.39 is 0 Å². The lowest BCUT2D eigenvalue weighted by Crippen LogP contribution is -2.43. The summed E-state index contributed by atoms with van der Waals surface area (Å²) in [5, 5.41) is 0. The van der Waals surface area contributed by atoms with E-state index in [1.54, 1.807) is 0 Å². The van der Waals surface area contributed by atoms with Gasteiger partial charge in [-0.05, 0) is 31.9 Å². The maximum absolute atomic E-state index is 12.9. The van der Waals surface area contributed by atoms with Gasteiger partial charge in [-0.25, -0.2) is 4.98 Å². The number of likely N-dealkylation sites (N-methyl/N-ethyl adjacent to an activating group) is 1. The molecule has 1 aromatic carbocycles. The number of imidazole rings is 1. The van der Waals surface area contributed by atoms with E-state index in [9.17, 15) is 4.79 Å². The summed E-state index contributed by atoms with van der Waals surface area (Å²) in [5.74, 6) is 1.23. The summed E-state index contributed by atoms with van der Waals surface area (Å²) in [6.45, 7) is 5.41. The molecule has 1 amide bonds. The molecule has 0 radical (unpaired) electrons. The number of amides is 1. The second-order valence-corrected chi connectivity index (χ2v) is 6.43. The molecule has 3 rings (SSSR count). The molecule has 1 aromatic heterocycles. The van der Waals surface area contributed by atoms with Gasteiger partial charge in [0, 0.05) is 19.0 Å². The zero-order valence-electron chi connectivity index (χ0n) is 14.3. The van der Waals surface area contributed by atoms with Crippen molar-refractivity contribution in [3.63, 3.8) is 0 Å². The van der Waals surface area contributed by atoms with Gasteiger partial charge in [-0.15, -0.1) is 0 Å². The van der Waals surface area contributed by atoms with Crippen LogP contribution < -0.4 is 0 Å². The summed E-state index contributed by atoms with van der Waals surface area (Å²) >= 11 is 0. The van der Waals surface area contributed by atoms with Gasteiger partial charge in [-0.2, -0.15) is 0 Å². The van der Waals surface area contributed by atoms with Crippen molar-refractivity contribution in [1.29, 1.82) is 0 Å². The standard InChI is InChI=1S/C19H27N3O/c1-3-18-20-16-12-8-9-13-17(16)22(18)14-19(23)21(4-2)15-10-6-5-7-11-15/h8-9,12-13,15H,3-7,10-11,14H2,1-2H3. The number of para-hydroxylation sites is 2. The normalized spacial score (nSPS) is 15.9. The molecule has 0 atom stereocenters. The predicted molar refractivity (Wildman–Crippen MR) is 93.4 cm³/mol. The first-order chi connectivity index (χ1) is 11.2. The van der Waals surface area contributed by atoms with Gasteiger partial charge in [-0.1, -0.05) is 38.3 Å². The van der Waals surface area contributed by atoms with Crippen molar-refractivity contribution < 1.29 is 4.79 Å². The third kappa shape index (κ3) is 3.26. The molecular weight excluding hydrogens is 286 g/mol. The van der Waals surface area contributed by atoms with E-state index in [2.05, 4.69) is 34.4 Å². The van der Waals surface area contributed by atoms with Crippen LogP contribution in [0, 0.1) is 0 Å². The van der Waals surface area contributed by atoms with Crippen LogP contribution in [0.1, 0.15) is 51.8 Å². The maximum atomic E-state index is 12.9. The Morgan fingerprint density at radius 3 is 2.65 bits per heavy atom. The fourth-order valence-corrected chi connectivity index (χ4v) is 3.83. The summed E-state index contributed by atoms with van der Waals surface area (Å²) in [4.78, 5) is 19.7. The Balaban J connectivity index is 1.83. The van der Waals surface area contributed by atoms with E-state index >= 15 is 0 Å². The summed E-state index contributed by atoms with van der Waals surface area (Å²) in [5.41, 5.74) is 2.05. The third-order valence-electron chi connectivity index (χ3n) is 5.02. The molecule has 2 aromatic rings. The van der Waals surface area contributed by atoms with E-state index in [1.807, 2.05) is 18.2 Å². The topological polar surface area (TPSA) is 38.1 Å². The third-order valence-corrected chi connectivity index (χ3v) is 5.02. The van der Waals surface area contributed by atoms with Gasteiger partial charge in [0.05, 0.1) is 11.0 Å². The average molecular weight is 313 g/mol. The SMILES string of the molecule is CCc1nc2ccccc2n1CC(=O)N(CC)C1CCCCC1. The Labute approximate surface area is 138 Å². The van der Waals surface area contributed by atoms with Gasteiger partial charge in [0.25, 0.3) is 0 Å². The minimum Gasteiger partial charge on any atom is -0.338 e. The highest BCUT2D eigenvalue weighted by Crippen LogP contribution is 2.23. The lowest BCUT2D eigenvalue weighted by molar-refractivity contribution is -0.134. The molecule has 124 valence electrons. The number of carbonyl (C=O) groups is 1. The van der Waals surface area contributed by atoms with Gasteiger partial charge in [-0.3, -0.25) is 4.79 Å². The molecule has 1 aliphatic carbocycles. The lowest BCUT2D eigenvalue weighted by atomic mass is 9.94. The largest absolute Gasteiger partial charge is 0.338 e. The highest BCUT2D eigenvalue weighted by atomic mass is 16.2. The van der Waals surface area contributed by atoms with E-state index in [0.717, 1.165) is 42.7 Å². The highest BCUT2D eigenvalue weighted by molar-refractivity contribution is 5.81. The molecule has 4 nitrogen and oxygen atoms in total. The van der Waals surface area contributed by atoms with Gasteiger partial charge in [0.15, 0.2) is 0 Å². The van der Waals surface area contributed by atoms with Gasteiger partial charge < -0.3 is 9.47 Å². The summed E-state index contributed by atoms with van der Waals surface area (Å²) < 4.78 is 2.10. The molecule has 4 heteroatoms. The molecule has 0 unspecified atom stereocenters. The fourth-order valence-electron chi connectivity index (χ4n) is 3.83. The highest BCUT2D eigenvalue weighted by Gasteiger charge is 2.25. The van der Waals surface area contributed by atoms with Crippen molar-refractivity contribution >= 4 is 16.9 Å². The average Bonchev–Trinajstić information content (AvgIpc) is 2.94. The van der Waals surface area contributed by atoms with Crippen LogP contribution in [0.4, 0.5) is 0 Å². The maximum Gasteiger partial charge on any atom is 0.242 e. The number of nitrogens with zero attached hydrogens (tertiary/aromatic N) is 3. The van der Waals surface area contributed by atoms with Gasteiger partial charge >= 0.3 is 0 Å². The Hall–Kier alpha value is -1.84. The number of carbonyl (C=O) groups excluding carboxylic acids is 1. The number of aryl methyl sites for hydroxylation is 1. The van der Waals surface area contributed by atoms with Gasteiger partial charge in [0.2, 0.25) is 5.91 Å². The molecule has 0 aliphatic heterocycles. The zero-order valence-corrected chi connectivity index (χ0v) is 14.3. The van der Waals surface area contributed by atoms with Crippen LogP contribution in [0.2, 0.25) is 0 Å². The second-order valence-electron chi connectivity index (χ2n) is 6.43. The Morgan fingerprint density at radius 1 is 1.22 bits per heavy atom. The molecule has 0 saturated heterocycles. The van der Waals surface area contributed by atoms with Crippen molar-refractivity contribution in [2.75, 3.05) is 6.54 Å². The smallest absolute Gasteiger partial charge is 0.242 e. The fraction of sp³-hybridized carbons (Fsp3) is 0.579. The minimum atomic E-state index is 0.234. The monoisotopic (exact) mass is 313 g/mol. The van der Waals surface area contributed by atoms with Crippen LogP contribution in [0.25, 0.3) is 11.0 Å².